The second-order valence-electron chi connectivity index (χ2n) is 7.98. The van der Waals surface area contributed by atoms with E-state index in [-0.39, 0.29) is 11.8 Å². The number of anilines is 1. The molecule has 30 heavy (non-hydrogen) atoms. The summed E-state index contributed by atoms with van der Waals surface area (Å²) in [4.78, 5) is 14.6. The van der Waals surface area contributed by atoms with Crippen molar-refractivity contribution in [3.05, 3.63) is 46.7 Å². The van der Waals surface area contributed by atoms with Gasteiger partial charge in [-0.3, -0.25) is 15.0 Å². The van der Waals surface area contributed by atoms with E-state index in [0.29, 0.717) is 30.4 Å². The summed E-state index contributed by atoms with van der Waals surface area (Å²) in [7, 11) is 0. The largest absolute Gasteiger partial charge is 0.494 e. The number of nitrogens with zero attached hydrogens (tertiary/aromatic N) is 2. The summed E-state index contributed by atoms with van der Waals surface area (Å²) in [6.45, 7) is 8.47. The highest BCUT2D eigenvalue weighted by Crippen LogP contribution is 2.26. The van der Waals surface area contributed by atoms with Gasteiger partial charge >= 0.3 is 0 Å². The number of rotatable bonds is 8. The van der Waals surface area contributed by atoms with Crippen molar-refractivity contribution >= 4 is 11.8 Å². The van der Waals surface area contributed by atoms with E-state index in [0.717, 1.165) is 43.7 Å². The van der Waals surface area contributed by atoms with Gasteiger partial charge in [-0.05, 0) is 83.2 Å². The van der Waals surface area contributed by atoms with Crippen molar-refractivity contribution in [3.63, 3.8) is 0 Å². The number of carbonyl (C=O) groups is 1. The van der Waals surface area contributed by atoms with Crippen molar-refractivity contribution in [1.82, 2.24) is 4.90 Å². The Balaban J connectivity index is 1.40. The van der Waals surface area contributed by atoms with Crippen LogP contribution in [0.1, 0.15) is 48.6 Å². The SMILES string of the molecule is CCOc1ccc(CCC2CCN(CC(=O)Nc3oc(C)c(C)c3C#N)CC2)cc1. The van der Waals surface area contributed by atoms with Gasteiger partial charge in [0.25, 0.3) is 0 Å². The number of piperidine rings is 1. The number of nitriles is 1. The van der Waals surface area contributed by atoms with Crippen LogP contribution in [0.3, 0.4) is 0 Å². The van der Waals surface area contributed by atoms with Crippen molar-refractivity contribution in [1.29, 1.82) is 5.26 Å². The number of furan rings is 1. The summed E-state index contributed by atoms with van der Waals surface area (Å²) >= 11 is 0. The molecule has 1 aromatic heterocycles. The molecule has 0 radical (unpaired) electrons. The van der Waals surface area contributed by atoms with E-state index in [1.807, 2.05) is 26.0 Å². The van der Waals surface area contributed by atoms with Crippen LogP contribution in [0, 0.1) is 31.1 Å². The molecule has 1 N–H and O–H groups in total. The van der Waals surface area contributed by atoms with Crippen LogP contribution in [0.5, 0.6) is 5.75 Å². The lowest BCUT2D eigenvalue weighted by Gasteiger charge is -2.31. The third-order valence-corrected chi connectivity index (χ3v) is 5.90. The van der Waals surface area contributed by atoms with Crippen molar-refractivity contribution in [2.24, 2.45) is 5.92 Å². The van der Waals surface area contributed by atoms with Crippen LogP contribution < -0.4 is 10.1 Å². The lowest BCUT2D eigenvalue weighted by atomic mass is 9.90. The van der Waals surface area contributed by atoms with Crippen LogP contribution in [0.15, 0.2) is 28.7 Å². The van der Waals surface area contributed by atoms with Crippen molar-refractivity contribution in [2.45, 2.75) is 46.5 Å². The van der Waals surface area contributed by atoms with Gasteiger partial charge in [-0.1, -0.05) is 12.1 Å². The van der Waals surface area contributed by atoms with Crippen molar-refractivity contribution < 1.29 is 13.9 Å². The average Bonchev–Trinajstić information content (AvgIpc) is 3.01. The molecule has 160 valence electrons. The number of hydrogen-bond acceptors (Lipinski definition) is 5. The zero-order valence-corrected chi connectivity index (χ0v) is 18.2. The number of hydrogen-bond donors (Lipinski definition) is 1. The van der Waals surface area contributed by atoms with E-state index >= 15 is 0 Å². The molecule has 3 rings (SSSR count). The molecule has 1 aliphatic rings. The predicted molar refractivity (Wildman–Crippen MR) is 117 cm³/mol. The summed E-state index contributed by atoms with van der Waals surface area (Å²) in [5.41, 5.74) is 2.53. The molecule has 1 aliphatic heterocycles. The minimum atomic E-state index is -0.131. The second-order valence-corrected chi connectivity index (χ2v) is 7.98. The smallest absolute Gasteiger partial charge is 0.240 e. The topological polar surface area (TPSA) is 78.5 Å². The fourth-order valence-corrected chi connectivity index (χ4v) is 3.94. The second kappa shape index (κ2) is 10.3. The van der Waals surface area contributed by atoms with Gasteiger partial charge in [0.2, 0.25) is 11.8 Å². The third kappa shape index (κ3) is 5.64. The molecular formula is C24H31N3O3. The Morgan fingerprint density at radius 3 is 2.60 bits per heavy atom. The maximum Gasteiger partial charge on any atom is 0.240 e. The van der Waals surface area contributed by atoms with Gasteiger partial charge < -0.3 is 9.15 Å². The Kier molecular flexibility index (Phi) is 7.53. The Morgan fingerprint density at radius 1 is 1.27 bits per heavy atom. The molecule has 1 amide bonds. The van der Waals surface area contributed by atoms with Crippen LogP contribution in [-0.4, -0.2) is 37.0 Å². The summed E-state index contributed by atoms with van der Waals surface area (Å²) in [6.07, 6.45) is 4.45. The fraction of sp³-hybridized carbons (Fsp3) is 0.500. The molecule has 0 spiro atoms. The highest BCUT2D eigenvalue weighted by molar-refractivity contribution is 5.92. The van der Waals surface area contributed by atoms with Gasteiger partial charge in [-0.2, -0.15) is 5.26 Å². The van der Waals surface area contributed by atoms with Crippen molar-refractivity contribution in [2.75, 3.05) is 31.6 Å². The first-order valence-electron chi connectivity index (χ1n) is 10.7. The molecule has 6 heteroatoms. The number of benzene rings is 1. The molecule has 0 unspecified atom stereocenters. The van der Waals surface area contributed by atoms with E-state index in [1.54, 1.807) is 6.92 Å². The molecule has 6 nitrogen and oxygen atoms in total. The molecular weight excluding hydrogens is 378 g/mol. The number of nitrogens with one attached hydrogen (secondary N) is 1. The highest BCUT2D eigenvalue weighted by atomic mass is 16.5. The molecule has 2 aromatic rings. The maximum atomic E-state index is 12.4. The van der Waals surface area contributed by atoms with Crippen LogP contribution in [0.2, 0.25) is 0 Å². The van der Waals surface area contributed by atoms with Gasteiger partial charge in [0, 0.05) is 5.56 Å². The van der Waals surface area contributed by atoms with Gasteiger partial charge in [0.15, 0.2) is 0 Å². The van der Waals surface area contributed by atoms with Crippen LogP contribution in [0.4, 0.5) is 5.88 Å². The summed E-state index contributed by atoms with van der Waals surface area (Å²) < 4.78 is 11.0. The minimum Gasteiger partial charge on any atom is -0.494 e. The highest BCUT2D eigenvalue weighted by Gasteiger charge is 2.22. The van der Waals surface area contributed by atoms with Gasteiger partial charge in [0.05, 0.1) is 13.2 Å². The van der Waals surface area contributed by atoms with E-state index in [9.17, 15) is 10.1 Å². The zero-order chi connectivity index (χ0) is 21.5. The predicted octanol–water partition coefficient (Wildman–Crippen LogP) is 4.45. The zero-order valence-electron chi connectivity index (χ0n) is 18.2. The molecule has 1 aromatic carbocycles. The van der Waals surface area contributed by atoms with E-state index in [4.69, 9.17) is 9.15 Å². The molecule has 1 fully saturated rings. The average molecular weight is 410 g/mol. The third-order valence-electron chi connectivity index (χ3n) is 5.90. The minimum absolute atomic E-state index is 0.131. The Bertz CT molecular complexity index is 888. The van der Waals surface area contributed by atoms with E-state index < -0.39 is 0 Å². The normalized spacial score (nSPS) is 15.0. The summed E-state index contributed by atoms with van der Waals surface area (Å²) in [6, 6.07) is 10.5. The van der Waals surface area contributed by atoms with Crippen LogP contribution in [0.25, 0.3) is 0 Å². The Labute approximate surface area is 178 Å². The standard InChI is InChI=1S/C24H31N3O3/c1-4-29-21-9-7-19(8-10-21)5-6-20-11-13-27(14-12-20)16-23(28)26-24-22(15-25)17(2)18(3)30-24/h7-10,20H,4-6,11-14,16H2,1-3H3,(H,26,28). The fourth-order valence-electron chi connectivity index (χ4n) is 3.94. The number of carbonyl (C=O) groups excluding carboxylic acids is 1. The van der Waals surface area contributed by atoms with Gasteiger partial charge in [0.1, 0.15) is 23.1 Å². The van der Waals surface area contributed by atoms with Crippen LogP contribution >= 0.6 is 0 Å². The molecule has 0 saturated carbocycles. The monoisotopic (exact) mass is 409 g/mol. The van der Waals surface area contributed by atoms with E-state index in [1.165, 1.54) is 12.0 Å². The first kappa shape index (κ1) is 21.9. The molecule has 1 saturated heterocycles. The number of aryl methyl sites for hydroxylation is 2. The van der Waals surface area contributed by atoms with Gasteiger partial charge in [-0.25, -0.2) is 0 Å². The summed E-state index contributed by atoms with van der Waals surface area (Å²) in [5, 5.41) is 12.0. The first-order valence-corrected chi connectivity index (χ1v) is 10.7. The quantitative estimate of drug-likeness (QED) is 0.697. The Hall–Kier alpha value is -2.78. The lowest BCUT2D eigenvalue weighted by Crippen LogP contribution is -2.39. The number of ether oxygens (including phenoxy) is 1. The molecule has 2 heterocycles. The van der Waals surface area contributed by atoms with E-state index in [2.05, 4.69) is 28.4 Å². The molecule has 0 aliphatic carbocycles. The number of amides is 1. The summed E-state index contributed by atoms with van der Waals surface area (Å²) in [5.74, 6) is 2.41. The van der Waals surface area contributed by atoms with Crippen LogP contribution in [-0.2, 0) is 11.2 Å². The molecule has 0 atom stereocenters. The molecule has 0 bridgehead atoms. The number of likely N-dealkylation sites (tertiary alicyclic amines) is 1. The first-order chi connectivity index (χ1) is 14.5. The maximum absolute atomic E-state index is 12.4. The van der Waals surface area contributed by atoms with Gasteiger partial charge in [-0.15, -0.1) is 0 Å². The Morgan fingerprint density at radius 2 is 1.97 bits per heavy atom. The lowest BCUT2D eigenvalue weighted by molar-refractivity contribution is -0.117. The van der Waals surface area contributed by atoms with Crippen molar-refractivity contribution in [3.8, 4) is 11.8 Å².